The monoisotopic (exact) mass is 333 g/mol. The van der Waals surface area contributed by atoms with Gasteiger partial charge in [-0.2, -0.15) is 0 Å². The summed E-state index contributed by atoms with van der Waals surface area (Å²) >= 11 is 0. The highest BCUT2D eigenvalue weighted by molar-refractivity contribution is 6.04. The van der Waals surface area contributed by atoms with E-state index in [-0.39, 0.29) is 24.4 Å². The van der Waals surface area contributed by atoms with Crippen molar-refractivity contribution in [3.05, 3.63) is 59.2 Å². The van der Waals surface area contributed by atoms with Crippen LogP contribution in [0, 0.1) is 18.6 Å². The van der Waals surface area contributed by atoms with Gasteiger partial charge in [-0.05, 0) is 48.9 Å². The highest BCUT2D eigenvalue weighted by Crippen LogP contribution is 2.21. The van der Waals surface area contributed by atoms with Crippen molar-refractivity contribution < 1.29 is 18.4 Å². The Morgan fingerprint density at radius 3 is 2.42 bits per heavy atom. The van der Waals surface area contributed by atoms with Gasteiger partial charge in [0, 0.05) is 29.9 Å². The summed E-state index contributed by atoms with van der Waals surface area (Å²) in [7, 11) is 0. The van der Waals surface area contributed by atoms with E-state index in [0.717, 1.165) is 12.1 Å². The van der Waals surface area contributed by atoms with Crippen molar-refractivity contribution in [3.63, 3.8) is 0 Å². The van der Waals surface area contributed by atoms with E-state index in [4.69, 9.17) is 5.73 Å². The fraction of sp³-hybridized carbons (Fsp3) is 0.176. The van der Waals surface area contributed by atoms with E-state index in [1.807, 2.05) is 0 Å². The summed E-state index contributed by atoms with van der Waals surface area (Å²) in [6.07, 6.45) is 0.216. The number of halogens is 2. The minimum atomic E-state index is -1.09. The van der Waals surface area contributed by atoms with Crippen molar-refractivity contribution in [2.24, 2.45) is 5.73 Å². The molecule has 0 heterocycles. The van der Waals surface area contributed by atoms with E-state index in [0.29, 0.717) is 16.9 Å². The van der Waals surface area contributed by atoms with Crippen molar-refractivity contribution in [2.75, 3.05) is 17.2 Å². The first-order valence-corrected chi connectivity index (χ1v) is 7.27. The lowest BCUT2D eigenvalue weighted by atomic mass is 10.1. The normalized spacial score (nSPS) is 10.3. The van der Waals surface area contributed by atoms with Crippen LogP contribution in [0.15, 0.2) is 36.4 Å². The van der Waals surface area contributed by atoms with Gasteiger partial charge in [-0.15, -0.1) is 0 Å². The Hall–Kier alpha value is -2.80. The molecule has 0 spiro atoms. The molecule has 2 rings (SSSR count). The number of nitrogens with two attached hydrogens (primary N) is 1. The van der Waals surface area contributed by atoms with Gasteiger partial charge in [-0.25, -0.2) is 8.78 Å². The van der Waals surface area contributed by atoms with Gasteiger partial charge in [0.05, 0.1) is 0 Å². The van der Waals surface area contributed by atoms with Gasteiger partial charge < -0.3 is 16.4 Å². The average molecular weight is 333 g/mol. The third-order valence-corrected chi connectivity index (χ3v) is 3.31. The number of carbonyl (C=O) groups is 2. The van der Waals surface area contributed by atoms with Crippen LogP contribution in [-0.2, 0) is 4.79 Å². The van der Waals surface area contributed by atoms with Gasteiger partial charge in [-0.1, -0.05) is 0 Å². The molecule has 2 aromatic carbocycles. The van der Waals surface area contributed by atoms with Crippen molar-refractivity contribution in [1.29, 1.82) is 0 Å². The van der Waals surface area contributed by atoms with Gasteiger partial charge in [0.1, 0.15) is 0 Å². The van der Waals surface area contributed by atoms with Crippen LogP contribution in [-0.4, -0.2) is 18.4 Å². The predicted octanol–water partition coefficient (Wildman–Crippen LogP) is 2.81. The van der Waals surface area contributed by atoms with E-state index in [1.54, 1.807) is 25.1 Å². The van der Waals surface area contributed by atoms with E-state index in [1.165, 1.54) is 6.07 Å². The fourth-order valence-corrected chi connectivity index (χ4v) is 2.07. The zero-order valence-corrected chi connectivity index (χ0v) is 13.0. The zero-order valence-electron chi connectivity index (χ0n) is 13.0. The molecule has 2 amide bonds. The molecule has 0 aliphatic carbocycles. The molecule has 126 valence electrons. The van der Waals surface area contributed by atoms with E-state index < -0.39 is 17.5 Å². The lowest BCUT2D eigenvalue weighted by molar-refractivity contribution is -0.116. The first-order valence-electron chi connectivity index (χ1n) is 7.27. The van der Waals surface area contributed by atoms with Crippen molar-refractivity contribution in [1.82, 2.24) is 0 Å². The van der Waals surface area contributed by atoms with Gasteiger partial charge in [-0.3, -0.25) is 9.59 Å². The number of hydrogen-bond acceptors (Lipinski definition) is 3. The molecule has 0 fully saturated rings. The molecule has 0 saturated heterocycles. The molecule has 0 saturated carbocycles. The number of amides is 2. The van der Waals surface area contributed by atoms with Gasteiger partial charge >= 0.3 is 0 Å². The highest BCUT2D eigenvalue weighted by Gasteiger charge is 2.11. The standard InChI is InChI=1S/C17H17F2N3O2/c1-10-8-12(21-16(23)6-7-20)3-5-15(10)22-17(24)11-2-4-13(18)14(19)9-11/h2-5,8-9H,6-7,20H2,1H3,(H,21,23)(H,22,24). The molecule has 4 N–H and O–H groups in total. The lowest BCUT2D eigenvalue weighted by Crippen LogP contribution is -2.16. The molecule has 0 aromatic heterocycles. The number of anilines is 2. The molecular formula is C17H17F2N3O2. The molecule has 0 bridgehead atoms. The third-order valence-electron chi connectivity index (χ3n) is 3.31. The van der Waals surface area contributed by atoms with Crippen LogP contribution >= 0.6 is 0 Å². The molecule has 5 nitrogen and oxygen atoms in total. The molecular weight excluding hydrogens is 316 g/mol. The summed E-state index contributed by atoms with van der Waals surface area (Å²) < 4.78 is 26.1. The minimum absolute atomic E-state index is 0.00799. The second-order valence-corrected chi connectivity index (χ2v) is 5.20. The quantitative estimate of drug-likeness (QED) is 0.787. The van der Waals surface area contributed by atoms with Crippen LogP contribution in [0.2, 0.25) is 0 Å². The van der Waals surface area contributed by atoms with Crippen LogP contribution in [0.4, 0.5) is 20.2 Å². The zero-order chi connectivity index (χ0) is 17.7. The second-order valence-electron chi connectivity index (χ2n) is 5.20. The van der Waals surface area contributed by atoms with Crippen molar-refractivity contribution in [2.45, 2.75) is 13.3 Å². The maximum absolute atomic E-state index is 13.2. The molecule has 0 aliphatic heterocycles. The summed E-state index contributed by atoms with van der Waals surface area (Å²) in [5.41, 5.74) is 7.10. The van der Waals surface area contributed by atoms with Gasteiger partial charge in [0.25, 0.3) is 5.91 Å². The maximum Gasteiger partial charge on any atom is 0.255 e. The summed E-state index contributed by atoms with van der Waals surface area (Å²) in [6.45, 7) is 2.01. The smallest absolute Gasteiger partial charge is 0.255 e. The number of hydrogen-bond donors (Lipinski definition) is 3. The number of benzene rings is 2. The van der Waals surface area contributed by atoms with E-state index in [2.05, 4.69) is 10.6 Å². The number of nitrogens with one attached hydrogen (secondary N) is 2. The molecule has 0 radical (unpaired) electrons. The molecule has 0 aliphatic rings. The average Bonchev–Trinajstić information content (AvgIpc) is 2.52. The molecule has 24 heavy (non-hydrogen) atoms. The summed E-state index contributed by atoms with van der Waals surface area (Å²) in [6, 6.07) is 7.86. The summed E-state index contributed by atoms with van der Waals surface area (Å²) in [5, 5.41) is 5.30. The molecule has 0 atom stereocenters. The van der Waals surface area contributed by atoms with Crippen LogP contribution in [0.25, 0.3) is 0 Å². The Balaban J connectivity index is 2.10. The fourth-order valence-electron chi connectivity index (χ4n) is 2.07. The van der Waals surface area contributed by atoms with Crippen molar-refractivity contribution in [3.8, 4) is 0 Å². The largest absolute Gasteiger partial charge is 0.330 e. The Morgan fingerprint density at radius 2 is 1.79 bits per heavy atom. The number of rotatable bonds is 5. The van der Waals surface area contributed by atoms with Gasteiger partial charge in [0.15, 0.2) is 11.6 Å². The minimum Gasteiger partial charge on any atom is -0.330 e. The number of aryl methyl sites for hydroxylation is 1. The third kappa shape index (κ3) is 4.36. The predicted molar refractivity (Wildman–Crippen MR) is 87.8 cm³/mol. The molecule has 2 aromatic rings. The first-order chi connectivity index (χ1) is 11.4. The van der Waals surface area contributed by atoms with Crippen LogP contribution < -0.4 is 16.4 Å². The van der Waals surface area contributed by atoms with Crippen LogP contribution in [0.3, 0.4) is 0 Å². The second kappa shape index (κ2) is 7.65. The first kappa shape index (κ1) is 17.6. The van der Waals surface area contributed by atoms with Crippen LogP contribution in [0.5, 0.6) is 0 Å². The highest BCUT2D eigenvalue weighted by atomic mass is 19.2. The van der Waals surface area contributed by atoms with Crippen molar-refractivity contribution >= 4 is 23.2 Å². The Bertz CT molecular complexity index is 778. The Morgan fingerprint density at radius 1 is 1.04 bits per heavy atom. The maximum atomic E-state index is 13.2. The van der Waals surface area contributed by atoms with E-state index in [9.17, 15) is 18.4 Å². The van der Waals surface area contributed by atoms with E-state index >= 15 is 0 Å². The topological polar surface area (TPSA) is 84.2 Å². The summed E-state index contributed by atoms with van der Waals surface area (Å²) in [5.74, 6) is -2.86. The molecule has 7 heteroatoms. The molecule has 0 unspecified atom stereocenters. The Labute approximate surface area is 137 Å². The van der Waals surface area contributed by atoms with Gasteiger partial charge in [0.2, 0.25) is 5.91 Å². The van der Waals surface area contributed by atoms with Crippen LogP contribution in [0.1, 0.15) is 22.3 Å². The Kier molecular flexibility index (Phi) is 5.59. The number of carbonyl (C=O) groups excluding carboxylic acids is 2. The SMILES string of the molecule is Cc1cc(NC(=O)CCN)ccc1NC(=O)c1ccc(F)c(F)c1. The summed E-state index contributed by atoms with van der Waals surface area (Å²) in [4.78, 5) is 23.6. The lowest BCUT2D eigenvalue weighted by Gasteiger charge is -2.11.